The molecule has 1 heterocycles. The van der Waals surface area contributed by atoms with Crippen LogP contribution in [0.5, 0.6) is 11.5 Å². The molecule has 1 amide bonds. The molecule has 1 N–H and O–H groups in total. The van der Waals surface area contributed by atoms with Crippen LogP contribution in [0.3, 0.4) is 0 Å². The molecule has 2 atom stereocenters. The van der Waals surface area contributed by atoms with Crippen molar-refractivity contribution in [3.05, 3.63) is 94.8 Å². The predicted molar refractivity (Wildman–Crippen MR) is 140 cm³/mol. The molecule has 1 fully saturated rings. The van der Waals surface area contributed by atoms with Crippen LogP contribution in [0.4, 0.5) is 4.39 Å². The summed E-state index contributed by atoms with van der Waals surface area (Å²) in [6, 6.07) is 21.3. The number of hydrogen-bond acceptors (Lipinski definition) is 4. The van der Waals surface area contributed by atoms with E-state index in [-0.39, 0.29) is 23.6 Å². The maximum Gasteiger partial charge on any atom is 0.224 e. The number of likely N-dealkylation sites (tertiary alicyclic amines) is 1. The molecule has 5 nitrogen and oxygen atoms in total. The smallest absolute Gasteiger partial charge is 0.224 e. The van der Waals surface area contributed by atoms with Crippen molar-refractivity contribution in [2.75, 3.05) is 33.9 Å². The van der Waals surface area contributed by atoms with Crippen LogP contribution in [-0.2, 0) is 17.8 Å². The number of methoxy groups -OCH3 is 2. The Morgan fingerprint density at radius 2 is 1.75 bits per heavy atom. The van der Waals surface area contributed by atoms with E-state index < -0.39 is 0 Å². The van der Waals surface area contributed by atoms with Gasteiger partial charge in [0.2, 0.25) is 5.91 Å². The van der Waals surface area contributed by atoms with Crippen LogP contribution >= 0.6 is 0 Å². The van der Waals surface area contributed by atoms with Crippen molar-refractivity contribution in [3.8, 4) is 11.5 Å². The van der Waals surface area contributed by atoms with Gasteiger partial charge in [0.25, 0.3) is 0 Å². The van der Waals surface area contributed by atoms with Gasteiger partial charge in [-0.3, -0.25) is 9.69 Å². The second kappa shape index (κ2) is 12.0. The average molecular weight is 491 g/mol. The highest BCUT2D eigenvalue weighted by molar-refractivity contribution is 5.79. The van der Waals surface area contributed by atoms with Crippen LogP contribution in [-0.4, -0.2) is 44.7 Å². The lowest BCUT2D eigenvalue weighted by Crippen LogP contribution is -2.45. The second-order valence-electron chi connectivity index (χ2n) is 9.57. The van der Waals surface area contributed by atoms with Gasteiger partial charge in [0.05, 0.1) is 20.1 Å². The monoisotopic (exact) mass is 490 g/mol. The summed E-state index contributed by atoms with van der Waals surface area (Å²) in [7, 11) is 3.32. The topological polar surface area (TPSA) is 50.8 Å². The summed E-state index contributed by atoms with van der Waals surface area (Å²) < 4.78 is 24.5. The van der Waals surface area contributed by atoms with Gasteiger partial charge < -0.3 is 14.8 Å². The third-order valence-electron chi connectivity index (χ3n) is 6.96. The van der Waals surface area contributed by atoms with Gasteiger partial charge in [0.1, 0.15) is 17.3 Å². The molecule has 1 aliphatic heterocycles. The van der Waals surface area contributed by atoms with E-state index in [0.29, 0.717) is 18.7 Å². The highest BCUT2D eigenvalue weighted by Crippen LogP contribution is 2.32. The highest BCUT2D eigenvalue weighted by atomic mass is 19.1. The van der Waals surface area contributed by atoms with Crippen LogP contribution in [0.25, 0.3) is 0 Å². The summed E-state index contributed by atoms with van der Waals surface area (Å²) in [4.78, 5) is 15.6. The van der Waals surface area contributed by atoms with Gasteiger partial charge in [-0.2, -0.15) is 0 Å². The van der Waals surface area contributed by atoms with Crippen molar-refractivity contribution in [3.63, 3.8) is 0 Å². The molecule has 0 spiro atoms. The normalized spacial score (nSPS) is 18.0. The predicted octanol–water partition coefficient (Wildman–Crippen LogP) is 5.12. The Bertz CT molecular complexity index is 1170. The van der Waals surface area contributed by atoms with Crippen molar-refractivity contribution >= 4 is 5.91 Å². The molecule has 0 aliphatic carbocycles. The number of hydrogen-bond donors (Lipinski definition) is 1. The number of piperidine rings is 1. The maximum atomic E-state index is 13.9. The Hall–Kier alpha value is -3.38. The summed E-state index contributed by atoms with van der Waals surface area (Å²) in [5.41, 5.74) is 4.01. The van der Waals surface area contributed by atoms with E-state index in [1.165, 1.54) is 6.07 Å². The van der Waals surface area contributed by atoms with E-state index in [2.05, 4.69) is 16.3 Å². The van der Waals surface area contributed by atoms with Crippen molar-refractivity contribution in [1.29, 1.82) is 0 Å². The number of nitrogens with zero attached hydrogens (tertiary/aromatic N) is 1. The summed E-state index contributed by atoms with van der Waals surface area (Å²) in [6.07, 6.45) is 1.50. The fraction of sp³-hybridized carbons (Fsp3) is 0.367. The van der Waals surface area contributed by atoms with E-state index in [4.69, 9.17) is 9.47 Å². The SMILES string of the molecule is COc1ccc(CCNC(=O)[C@H]2C[C@@H](c3ccc(F)c(C)c3)CN(Cc3cccc(OC)c3)C2)cc1. The molecule has 1 aliphatic rings. The fourth-order valence-electron chi connectivity index (χ4n) is 4.97. The minimum atomic E-state index is -0.198. The van der Waals surface area contributed by atoms with Gasteiger partial charge in [-0.25, -0.2) is 4.39 Å². The fourth-order valence-corrected chi connectivity index (χ4v) is 4.97. The number of rotatable bonds is 9. The molecule has 4 rings (SSSR count). The lowest BCUT2D eigenvalue weighted by molar-refractivity contribution is -0.127. The Morgan fingerprint density at radius 1 is 0.972 bits per heavy atom. The lowest BCUT2D eigenvalue weighted by atomic mass is 9.83. The molecule has 6 heteroatoms. The molecule has 3 aromatic rings. The molecule has 0 aromatic heterocycles. The quantitative estimate of drug-likeness (QED) is 0.453. The first kappa shape index (κ1) is 25.7. The van der Waals surface area contributed by atoms with Gasteiger partial charge in [-0.1, -0.05) is 36.4 Å². The number of carbonyl (C=O) groups is 1. The molecule has 0 bridgehead atoms. The zero-order chi connectivity index (χ0) is 25.5. The first-order valence-corrected chi connectivity index (χ1v) is 12.5. The summed E-state index contributed by atoms with van der Waals surface area (Å²) >= 11 is 0. The number of halogens is 1. The molecule has 0 unspecified atom stereocenters. The van der Waals surface area contributed by atoms with E-state index >= 15 is 0 Å². The van der Waals surface area contributed by atoms with Gasteiger partial charge in [-0.05, 0) is 78.3 Å². The van der Waals surface area contributed by atoms with Gasteiger partial charge in [0.15, 0.2) is 0 Å². The van der Waals surface area contributed by atoms with Gasteiger partial charge in [-0.15, -0.1) is 0 Å². The largest absolute Gasteiger partial charge is 0.497 e. The van der Waals surface area contributed by atoms with E-state index in [1.54, 1.807) is 21.1 Å². The number of nitrogens with one attached hydrogen (secondary N) is 1. The third kappa shape index (κ3) is 6.64. The maximum absolute atomic E-state index is 13.9. The second-order valence-corrected chi connectivity index (χ2v) is 9.57. The molecule has 0 radical (unpaired) electrons. The molecule has 0 saturated carbocycles. The number of amides is 1. The summed E-state index contributed by atoms with van der Waals surface area (Å²) in [5.74, 6) is 1.53. The zero-order valence-electron chi connectivity index (χ0n) is 21.3. The zero-order valence-corrected chi connectivity index (χ0v) is 21.3. The summed E-state index contributed by atoms with van der Waals surface area (Å²) in [6.45, 7) is 4.60. The average Bonchev–Trinajstić information content (AvgIpc) is 2.90. The third-order valence-corrected chi connectivity index (χ3v) is 6.96. The van der Waals surface area contributed by atoms with Crippen LogP contribution in [0.1, 0.15) is 34.6 Å². The molecule has 3 aromatic carbocycles. The van der Waals surface area contributed by atoms with Crippen LogP contribution in [0.15, 0.2) is 66.7 Å². The Labute approximate surface area is 213 Å². The van der Waals surface area contributed by atoms with E-state index in [1.807, 2.05) is 54.6 Å². The van der Waals surface area contributed by atoms with E-state index in [9.17, 15) is 9.18 Å². The van der Waals surface area contributed by atoms with Crippen LogP contribution < -0.4 is 14.8 Å². The number of ether oxygens (including phenoxy) is 2. The van der Waals surface area contributed by atoms with Gasteiger partial charge >= 0.3 is 0 Å². The van der Waals surface area contributed by atoms with Crippen molar-refractivity contribution in [2.45, 2.75) is 32.2 Å². The molecular weight excluding hydrogens is 455 g/mol. The first-order chi connectivity index (χ1) is 17.4. The van der Waals surface area contributed by atoms with E-state index in [0.717, 1.165) is 54.1 Å². The number of aryl methyl sites for hydroxylation is 1. The number of benzene rings is 3. The number of carbonyl (C=O) groups excluding carboxylic acids is 1. The molecule has 36 heavy (non-hydrogen) atoms. The summed E-state index contributed by atoms with van der Waals surface area (Å²) in [5, 5.41) is 3.15. The Balaban J connectivity index is 1.44. The lowest BCUT2D eigenvalue weighted by Gasteiger charge is -2.37. The standard InChI is InChI=1S/C30H35FN2O3/c1-21-15-24(9-12-29(21)31)25-17-26(20-33(19-25)18-23-5-4-6-28(16-23)36-3)30(34)32-14-13-22-7-10-27(35-2)11-8-22/h4-12,15-16,25-26H,13-14,17-20H2,1-3H3,(H,32,34)/t25-,26+/m1/s1. The Kier molecular flexibility index (Phi) is 8.60. The first-order valence-electron chi connectivity index (χ1n) is 12.5. The minimum absolute atomic E-state index is 0.0719. The molecule has 1 saturated heterocycles. The van der Waals surface area contributed by atoms with Crippen LogP contribution in [0, 0.1) is 18.7 Å². The van der Waals surface area contributed by atoms with Crippen molar-refractivity contribution < 1.29 is 18.7 Å². The van der Waals surface area contributed by atoms with Gasteiger partial charge in [0, 0.05) is 26.2 Å². The Morgan fingerprint density at radius 3 is 2.47 bits per heavy atom. The minimum Gasteiger partial charge on any atom is -0.497 e. The molecular formula is C30H35FN2O3. The van der Waals surface area contributed by atoms with Crippen molar-refractivity contribution in [2.24, 2.45) is 5.92 Å². The van der Waals surface area contributed by atoms with Crippen LogP contribution in [0.2, 0.25) is 0 Å². The molecule has 190 valence electrons. The van der Waals surface area contributed by atoms with Crippen molar-refractivity contribution in [1.82, 2.24) is 10.2 Å². The highest BCUT2D eigenvalue weighted by Gasteiger charge is 2.32.